The number of rotatable bonds is 7. The van der Waals surface area contributed by atoms with Crippen molar-refractivity contribution in [3.05, 3.63) is 16.6 Å². The molecule has 0 saturated carbocycles. The molecule has 1 heterocycles. The molecule has 17 heavy (non-hydrogen) atoms. The van der Waals surface area contributed by atoms with E-state index in [9.17, 15) is 4.79 Å². The average Bonchev–Trinajstić information content (AvgIpc) is 2.78. The number of hydrogen-bond donors (Lipinski definition) is 2. The van der Waals surface area contributed by atoms with Crippen molar-refractivity contribution in [3.63, 3.8) is 0 Å². The van der Waals surface area contributed by atoms with Gasteiger partial charge in [0.1, 0.15) is 0 Å². The highest BCUT2D eigenvalue weighted by molar-refractivity contribution is 7.09. The highest BCUT2D eigenvalue weighted by atomic mass is 32.1. The fraction of sp³-hybridized carbons (Fsp3) is 0.667. The van der Waals surface area contributed by atoms with E-state index < -0.39 is 0 Å². The quantitative estimate of drug-likeness (QED) is 0.780. The summed E-state index contributed by atoms with van der Waals surface area (Å²) in [6.45, 7) is 7.61. The highest BCUT2D eigenvalue weighted by Crippen LogP contribution is 2.16. The second-order valence-corrected chi connectivity index (χ2v) is 5.36. The normalized spacial score (nSPS) is 12.7. The van der Waals surface area contributed by atoms with Crippen molar-refractivity contribution >= 4 is 17.2 Å². The fourth-order valence-corrected chi connectivity index (χ4v) is 2.09. The lowest BCUT2D eigenvalue weighted by Crippen LogP contribution is -2.32. The van der Waals surface area contributed by atoms with Gasteiger partial charge in [0.25, 0.3) is 0 Å². The fourth-order valence-electron chi connectivity index (χ4n) is 1.39. The maximum Gasteiger partial charge on any atom is 0.221 e. The molecule has 1 aromatic heterocycles. The summed E-state index contributed by atoms with van der Waals surface area (Å²) in [5.74, 6) is 0.388. The lowest BCUT2D eigenvalue weighted by Gasteiger charge is -2.11. The molecule has 0 fully saturated rings. The average molecular weight is 255 g/mol. The molecule has 0 spiro atoms. The van der Waals surface area contributed by atoms with Crippen LogP contribution in [-0.4, -0.2) is 30.0 Å². The molecule has 1 aromatic rings. The van der Waals surface area contributed by atoms with Gasteiger partial charge < -0.3 is 10.6 Å². The van der Waals surface area contributed by atoms with E-state index in [2.05, 4.69) is 36.4 Å². The van der Waals surface area contributed by atoms with Gasteiger partial charge in [-0.15, -0.1) is 11.3 Å². The number of thiazole rings is 1. The zero-order chi connectivity index (χ0) is 12.7. The van der Waals surface area contributed by atoms with Crippen LogP contribution in [0.5, 0.6) is 0 Å². The highest BCUT2D eigenvalue weighted by Gasteiger charge is 2.09. The first-order chi connectivity index (χ1) is 8.09. The monoisotopic (exact) mass is 255 g/mol. The van der Waals surface area contributed by atoms with Crippen LogP contribution in [0, 0.1) is 0 Å². The van der Waals surface area contributed by atoms with Crippen molar-refractivity contribution in [1.29, 1.82) is 0 Å². The van der Waals surface area contributed by atoms with Crippen molar-refractivity contribution in [2.75, 3.05) is 13.1 Å². The van der Waals surface area contributed by atoms with Crippen LogP contribution < -0.4 is 10.6 Å². The van der Waals surface area contributed by atoms with Crippen LogP contribution in [0.2, 0.25) is 0 Å². The molecule has 5 heteroatoms. The zero-order valence-electron chi connectivity index (χ0n) is 10.7. The van der Waals surface area contributed by atoms with Gasteiger partial charge in [0.15, 0.2) is 0 Å². The van der Waals surface area contributed by atoms with E-state index >= 15 is 0 Å². The maximum atomic E-state index is 11.5. The topological polar surface area (TPSA) is 54.0 Å². The van der Waals surface area contributed by atoms with Crippen LogP contribution in [-0.2, 0) is 4.79 Å². The van der Waals surface area contributed by atoms with Crippen molar-refractivity contribution < 1.29 is 4.79 Å². The SMILES string of the molecule is CC(C)NCCC(=O)NCC(C)c1nccs1. The molecule has 0 aliphatic carbocycles. The zero-order valence-corrected chi connectivity index (χ0v) is 11.5. The number of carbonyl (C=O) groups is 1. The number of nitrogens with one attached hydrogen (secondary N) is 2. The minimum absolute atomic E-state index is 0.0987. The lowest BCUT2D eigenvalue weighted by molar-refractivity contribution is -0.121. The second kappa shape index (κ2) is 7.40. The molecular formula is C12H21N3OS. The molecule has 0 aromatic carbocycles. The van der Waals surface area contributed by atoms with E-state index in [0.29, 0.717) is 19.0 Å². The molecule has 4 nitrogen and oxygen atoms in total. The molecule has 0 aliphatic rings. The van der Waals surface area contributed by atoms with Gasteiger partial charge in [-0.05, 0) is 0 Å². The van der Waals surface area contributed by atoms with Gasteiger partial charge in [-0.3, -0.25) is 4.79 Å². The van der Waals surface area contributed by atoms with Crippen LogP contribution in [0.25, 0.3) is 0 Å². The number of amides is 1. The van der Waals surface area contributed by atoms with Crippen LogP contribution in [0.4, 0.5) is 0 Å². The predicted octanol–water partition coefficient (Wildman–Crippen LogP) is 1.75. The number of nitrogens with zero attached hydrogens (tertiary/aromatic N) is 1. The largest absolute Gasteiger partial charge is 0.355 e. The third-order valence-electron chi connectivity index (χ3n) is 2.38. The number of aromatic nitrogens is 1. The Morgan fingerprint density at radius 1 is 1.47 bits per heavy atom. The van der Waals surface area contributed by atoms with Gasteiger partial charge in [0.2, 0.25) is 5.91 Å². The molecule has 1 unspecified atom stereocenters. The molecule has 96 valence electrons. The summed E-state index contributed by atoms with van der Waals surface area (Å²) >= 11 is 1.63. The van der Waals surface area contributed by atoms with Crippen LogP contribution in [0.3, 0.4) is 0 Å². The molecular weight excluding hydrogens is 234 g/mol. The van der Waals surface area contributed by atoms with E-state index in [4.69, 9.17) is 0 Å². The summed E-state index contributed by atoms with van der Waals surface area (Å²) < 4.78 is 0. The van der Waals surface area contributed by atoms with Gasteiger partial charge in [-0.1, -0.05) is 20.8 Å². The number of carbonyl (C=O) groups excluding carboxylic acids is 1. The maximum absolute atomic E-state index is 11.5. The summed E-state index contributed by atoms with van der Waals surface area (Å²) in [5.41, 5.74) is 0. The van der Waals surface area contributed by atoms with Crippen molar-refractivity contribution in [3.8, 4) is 0 Å². The van der Waals surface area contributed by atoms with E-state index in [1.807, 2.05) is 5.38 Å². The predicted molar refractivity (Wildman–Crippen MR) is 71.3 cm³/mol. The molecule has 1 rings (SSSR count). The molecule has 0 saturated heterocycles. The van der Waals surface area contributed by atoms with Crippen molar-refractivity contribution in [2.24, 2.45) is 0 Å². The molecule has 0 bridgehead atoms. The van der Waals surface area contributed by atoms with Gasteiger partial charge in [0.05, 0.1) is 5.01 Å². The van der Waals surface area contributed by atoms with Gasteiger partial charge in [0, 0.05) is 43.0 Å². The Morgan fingerprint density at radius 3 is 2.82 bits per heavy atom. The van der Waals surface area contributed by atoms with Gasteiger partial charge in [-0.25, -0.2) is 4.98 Å². The first-order valence-electron chi connectivity index (χ1n) is 5.99. The van der Waals surface area contributed by atoms with E-state index in [0.717, 1.165) is 11.6 Å². The van der Waals surface area contributed by atoms with E-state index in [1.54, 1.807) is 17.5 Å². The first kappa shape index (κ1) is 14.1. The molecule has 1 amide bonds. The summed E-state index contributed by atoms with van der Waals surface area (Å²) in [6, 6.07) is 0.428. The second-order valence-electron chi connectivity index (χ2n) is 4.43. The summed E-state index contributed by atoms with van der Waals surface area (Å²) in [7, 11) is 0. The Bertz CT molecular complexity index is 325. The lowest BCUT2D eigenvalue weighted by atomic mass is 10.2. The minimum atomic E-state index is 0.0987. The molecule has 1 atom stereocenters. The summed E-state index contributed by atoms with van der Waals surface area (Å²) in [4.78, 5) is 15.8. The Hall–Kier alpha value is -0.940. The molecule has 0 aliphatic heterocycles. The van der Waals surface area contributed by atoms with Gasteiger partial charge in [-0.2, -0.15) is 0 Å². The van der Waals surface area contributed by atoms with Crippen LogP contribution in [0.1, 0.15) is 38.1 Å². The van der Waals surface area contributed by atoms with Crippen LogP contribution in [0.15, 0.2) is 11.6 Å². The molecule has 2 N–H and O–H groups in total. The summed E-state index contributed by atoms with van der Waals surface area (Å²) in [6.07, 6.45) is 2.33. The Labute approximate surface area is 107 Å². The Balaban J connectivity index is 2.15. The third-order valence-corrected chi connectivity index (χ3v) is 3.39. The van der Waals surface area contributed by atoms with Gasteiger partial charge >= 0.3 is 0 Å². The molecule has 0 radical (unpaired) electrons. The van der Waals surface area contributed by atoms with E-state index in [1.165, 1.54) is 0 Å². The third kappa shape index (κ3) is 5.79. The Morgan fingerprint density at radius 2 is 2.24 bits per heavy atom. The minimum Gasteiger partial charge on any atom is -0.355 e. The van der Waals surface area contributed by atoms with Crippen molar-refractivity contribution in [2.45, 2.75) is 39.2 Å². The van der Waals surface area contributed by atoms with Crippen molar-refractivity contribution in [1.82, 2.24) is 15.6 Å². The Kier molecular flexibility index (Phi) is 6.15. The van der Waals surface area contributed by atoms with Crippen LogP contribution >= 0.6 is 11.3 Å². The summed E-state index contributed by atoms with van der Waals surface area (Å²) in [5, 5.41) is 9.19. The van der Waals surface area contributed by atoms with E-state index in [-0.39, 0.29) is 11.8 Å². The number of hydrogen-bond acceptors (Lipinski definition) is 4. The smallest absolute Gasteiger partial charge is 0.221 e. The standard InChI is InChI=1S/C12H21N3OS/c1-9(2)13-5-4-11(16)15-8-10(3)12-14-6-7-17-12/h6-7,9-10,13H,4-5,8H2,1-3H3,(H,15,16). The first-order valence-corrected chi connectivity index (χ1v) is 6.87.